The Kier molecular flexibility index (Phi) is 6.31. The van der Waals surface area contributed by atoms with Crippen LogP contribution in [0.4, 0.5) is 0 Å². The maximum atomic E-state index is 3.67. The number of halogens is 1. The minimum atomic E-state index is 0.100. The fourth-order valence-electron chi connectivity index (χ4n) is 2.66. The monoisotopic (exact) mass is 332 g/mol. The summed E-state index contributed by atoms with van der Waals surface area (Å²) in [5, 5.41) is 8.07. The average Bonchev–Trinajstić information content (AvgIpc) is 2.73. The van der Waals surface area contributed by atoms with Crippen molar-refractivity contribution in [3.05, 3.63) is 20.8 Å². The lowest BCUT2D eigenvalue weighted by molar-refractivity contribution is 0.0918. The zero-order chi connectivity index (χ0) is 13.8. The molecule has 104 valence electrons. The molecule has 0 fully saturated rings. The van der Waals surface area contributed by atoms with Crippen molar-refractivity contribution in [2.75, 3.05) is 19.6 Å². The van der Waals surface area contributed by atoms with Gasteiger partial charge in [-0.05, 0) is 60.4 Å². The lowest BCUT2D eigenvalue weighted by atomic mass is 9.88. The van der Waals surface area contributed by atoms with E-state index in [1.165, 1.54) is 10.0 Å². The highest BCUT2D eigenvalue weighted by molar-refractivity contribution is 9.10. The number of thiophene rings is 1. The molecule has 1 aromatic heterocycles. The quantitative estimate of drug-likeness (QED) is 0.801. The lowest BCUT2D eigenvalue weighted by Gasteiger charge is -2.44. The molecule has 0 bridgehead atoms. The number of hydrogen-bond donors (Lipinski definition) is 1. The highest BCUT2D eigenvalue weighted by Gasteiger charge is 2.35. The zero-order valence-corrected chi connectivity index (χ0v) is 14.5. The van der Waals surface area contributed by atoms with Gasteiger partial charge in [-0.2, -0.15) is 11.3 Å². The number of nitrogens with one attached hydrogen (secondary N) is 1. The molecular formula is C14H25BrN2S. The van der Waals surface area contributed by atoms with Crippen molar-refractivity contribution in [2.24, 2.45) is 0 Å². The molecule has 1 unspecified atom stereocenters. The first-order chi connectivity index (χ1) is 8.48. The van der Waals surface area contributed by atoms with Crippen molar-refractivity contribution in [2.45, 2.75) is 46.2 Å². The Bertz CT molecular complexity index is 358. The Morgan fingerprint density at radius 3 is 2.28 bits per heavy atom. The van der Waals surface area contributed by atoms with Gasteiger partial charge in [-0.1, -0.05) is 20.8 Å². The van der Waals surface area contributed by atoms with Gasteiger partial charge in [0.25, 0.3) is 0 Å². The van der Waals surface area contributed by atoms with Gasteiger partial charge in [0, 0.05) is 15.4 Å². The number of hydrogen-bond acceptors (Lipinski definition) is 3. The van der Waals surface area contributed by atoms with Gasteiger partial charge in [0.1, 0.15) is 0 Å². The van der Waals surface area contributed by atoms with Crippen molar-refractivity contribution in [1.82, 2.24) is 10.2 Å². The average molecular weight is 333 g/mol. The summed E-state index contributed by atoms with van der Waals surface area (Å²) in [6.07, 6.45) is 0. The summed E-state index contributed by atoms with van der Waals surface area (Å²) in [4.78, 5) is 2.52. The summed E-state index contributed by atoms with van der Waals surface area (Å²) in [6.45, 7) is 14.4. The maximum absolute atomic E-state index is 3.67. The molecule has 0 aliphatic rings. The van der Waals surface area contributed by atoms with Crippen molar-refractivity contribution in [3.8, 4) is 0 Å². The van der Waals surface area contributed by atoms with E-state index in [9.17, 15) is 0 Å². The molecule has 0 saturated carbocycles. The molecular weight excluding hydrogens is 308 g/mol. The van der Waals surface area contributed by atoms with E-state index in [1.54, 1.807) is 11.3 Å². The summed E-state index contributed by atoms with van der Waals surface area (Å²) in [7, 11) is 0. The number of rotatable bonds is 7. The van der Waals surface area contributed by atoms with E-state index in [2.05, 4.69) is 71.5 Å². The Balaban J connectivity index is 3.08. The Morgan fingerprint density at radius 2 is 1.89 bits per heavy atom. The Hall–Kier alpha value is 0.1000. The molecule has 1 N–H and O–H groups in total. The van der Waals surface area contributed by atoms with Crippen molar-refractivity contribution in [3.63, 3.8) is 0 Å². The third-order valence-corrected chi connectivity index (χ3v) is 5.40. The topological polar surface area (TPSA) is 15.3 Å². The van der Waals surface area contributed by atoms with E-state index in [1.807, 2.05) is 0 Å². The van der Waals surface area contributed by atoms with Gasteiger partial charge in [-0.25, -0.2) is 0 Å². The molecule has 0 radical (unpaired) electrons. The standard InChI is InChI=1S/C14H25BrN2S/c1-6-16-13(11-9-18-10-12(11)15)14(4,5)17(7-2)8-3/h9-10,13,16H,6-8H2,1-5H3. The first kappa shape index (κ1) is 16.2. The van der Waals surface area contributed by atoms with Gasteiger partial charge in [-0.15, -0.1) is 0 Å². The van der Waals surface area contributed by atoms with Gasteiger partial charge >= 0.3 is 0 Å². The molecule has 18 heavy (non-hydrogen) atoms. The zero-order valence-electron chi connectivity index (χ0n) is 12.1. The minimum Gasteiger partial charge on any atom is -0.309 e. The van der Waals surface area contributed by atoms with Gasteiger partial charge in [0.05, 0.1) is 6.04 Å². The molecule has 0 aliphatic carbocycles. The molecule has 1 heterocycles. The second-order valence-electron chi connectivity index (χ2n) is 4.99. The van der Waals surface area contributed by atoms with Crippen LogP contribution in [0, 0.1) is 0 Å². The molecule has 0 aliphatic heterocycles. The number of likely N-dealkylation sites (N-methyl/N-ethyl adjacent to an activating group) is 2. The molecule has 0 spiro atoms. The molecule has 1 rings (SSSR count). The van der Waals surface area contributed by atoms with Crippen LogP contribution >= 0.6 is 27.3 Å². The van der Waals surface area contributed by atoms with Crippen LogP contribution in [0.3, 0.4) is 0 Å². The predicted molar refractivity (Wildman–Crippen MR) is 85.4 cm³/mol. The molecule has 2 nitrogen and oxygen atoms in total. The molecule has 0 aromatic carbocycles. The highest BCUT2D eigenvalue weighted by atomic mass is 79.9. The summed E-state index contributed by atoms with van der Waals surface area (Å²) >= 11 is 5.43. The maximum Gasteiger partial charge on any atom is 0.0521 e. The van der Waals surface area contributed by atoms with Crippen LogP contribution in [-0.4, -0.2) is 30.1 Å². The second kappa shape index (κ2) is 7.04. The first-order valence-electron chi connectivity index (χ1n) is 6.68. The van der Waals surface area contributed by atoms with Crippen LogP contribution in [0.15, 0.2) is 15.2 Å². The largest absolute Gasteiger partial charge is 0.309 e. The van der Waals surface area contributed by atoms with Gasteiger partial charge in [-0.3, -0.25) is 4.90 Å². The molecule has 1 atom stereocenters. The van der Waals surface area contributed by atoms with Crippen molar-refractivity contribution < 1.29 is 0 Å². The summed E-state index contributed by atoms with van der Waals surface area (Å²) in [5.74, 6) is 0. The van der Waals surface area contributed by atoms with Crippen LogP contribution in [0.25, 0.3) is 0 Å². The molecule has 4 heteroatoms. The van der Waals surface area contributed by atoms with Crippen molar-refractivity contribution in [1.29, 1.82) is 0 Å². The number of nitrogens with zero attached hydrogens (tertiary/aromatic N) is 1. The van der Waals surface area contributed by atoms with E-state index in [4.69, 9.17) is 0 Å². The van der Waals surface area contributed by atoms with E-state index in [0.29, 0.717) is 6.04 Å². The van der Waals surface area contributed by atoms with Crippen LogP contribution < -0.4 is 5.32 Å². The van der Waals surface area contributed by atoms with Crippen molar-refractivity contribution >= 4 is 27.3 Å². The second-order valence-corrected chi connectivity index (χ2v) is 6.59. The van der Waals surface area contributed by atoms with E-state index >= 15 is 0 Å². The van der Waals surface area contributed by atoms with Gasteiger partial charge in [0.2, 0.25) is 0 Å². The molecule has 1 aromatic rings. The SMILES string of the molecule is CCNC(c1cscc1Br)C(C)(C)N(CC)CC. The minimum absolute atomic E-state index is 0.100. The smallest absolute Gasteiger partial charge is 0.0521 e. The first-order valence-corrected chi connectivity index (χ1v) is 8.42. The summed E-state index contributed by atoms with van der Waals surface area (Å²) in [6, 6.07) is 0.350. The lowest BCUT2D eigenvalue weighted by Crippen LogP contribution is -2.52. The highest BCUT2D eigenvalue weighted by Crippen LogP contribution is 2.36. The van der Waals surface area contributed by atoms with E-state index in [0.717, 1.165) is 19.6 Å². The normalized spacial score (nSPS) is 14.2. The Morgan fingerprint density at radius 1 is 1.28 bits per heavy atom. The fraction of sp³-hybridized carbons (Fsp3) is 0.714. The van der Waals surface area contributed by atoms with Gasteiger partial charge < -0.3 is 5.32 Å². The Labute approximate surface area is 124 Å². The molecule has 0 saturated heterocycles. The molecule has 0 amide bonds. The summed E-state index contributed by atoms with van der Waals surface area (Å²) in [5.41, 5.74) is 1.47. The van der Waals surface area contributed by atoms with Crippen LogP contribution in [0.5, 0.6) is 0 Å². The third-order valence-electron chi connectivity index (χ3n) is 3.65. The van der Waals surface area contributed by atoms with Crippen LogP contribution in [0.1, 0.15) is 46.2 Å². The van der Waals surface area contributed by atoms with Crippen LogP contribution in [0.2, 0.25) is 0 Å². The predicted octanol–water partition coefficient (Wildman–Crippen LogP) is 4.28. The van der Waals surface area contributed by atoms with Crippen LogP contribution in [-0.2, 0) is 0 Å². The fourth-order valence-corrected chi connectivity index (χ4v) is 4.21. The van der Waals surface area contributed by atoms with Gasteiger partial charge in [0.15, 0.2) is 0 Å². The van der Waals surface area contributed by atoms with E-state index < -0.39 is 0 Å². The summed E-state index contributed by atoms with van der Waals surface area (Å²) < 4.78 is 1.22. The third kappa shape index (κ3) is 3.35. The van der Waals surface area contributed by atoms with E-state index in [-0.39, 0.29) is 5.54 Å².